The SMILES string of the molecule is CCCOCCOc1ccc(F)cc1N1CCCC(N)C1. The van der Waals surface area contributed by atoms with Crippen molar-refractivity contribution in [1.82, 2.24) is 0 Å². The van der Waals surface area contributed by atoms with Crippen LogP contribution in [0.5, 0.6) is 5.75 Å². The molecule has 0 aliphatic carbocycles. The number of benzene rings is 1. The van der Waals surface area contributed by atoms with Gasteiger partial charge in [-0.3, -0.25) is 0 Å². The molecule has 1 unspecified atom stereocenters. The van der Waals surface area contributed by atoms with Crippen molar-refractivity contribution in [3.05, 3.63) is 24.0 Å². The second kappa shape index (κ2) is 8.20. The number of hydrogen-bond acceptors (Lipinski definition) is 4. The number of ether oxygens (including phenoxy) is 2. The molecule has 0 spiro atoms. The highest BCUT2D eigenvalue weighted by molar-refractivity contribution is 5.59. The average Bonchev–Trinajstić information content (AvgIpc) is 2.48. The Balaban J connectivity index is 1.99. The van der Waals surface area contributed by atoms with Crippen LogP contribution in [-0.4, -0.2) is 39.0 Å². The Morgan fingerprint density at radius 2 is 2.19 bits per heavy atom. The molecule has 1 aliphatic heterocycles. The fraction of sp³-hybridized carbons (Fsp3) is 0.625. The summed E-state index contributed by atoms with van der Waals surface area (Å²) >= 11 is 0. The molecule has 2 rings (SSSR count). The lowest BCUT2D eigenvalue weighted by Crippen LogP contribution is -2.43. The summed E-state index contributed by atoms with van der Waals surface area (Å²) in [4.78, 5) is 2.11. The molecule has 1 aromatic carbocycles. The molecule has 118 valence electrons. The van der Waals surface area contributed by atoms with Crippen LogP contribution >= 0.6 is 0 Å². The zero-order valence-electron chi connectivity index (χ0n) is 12.7. The van der Waals surface area contributed by atoms with E-state index in [-0.39, 0.29) is 11.9 Å². The van der Waals surface area contributed by atoms with Crippen LogP contribution in [0, 0.1) is 5.82 Å². The normalized spacial score (nSPS) is 18.8. The maximum absolute atomic E-state index is 13.5. The summed E-state index contributed by atoms with van der Waals surface area (Å²) in [5.41, 5.74) is 6.80. The molecule has 1 heterocycles. The summed E-state index contributed by atoms with van der Waals surface area (Å²) in [5, 5.41) is 0. The number of hydrogen-bond donors (Lipinski definition) is 1. The lowest BCUT2D eigenvalue weighted by Gasteiger charge is -2.33. The standard InChI is InChI=1S/C16H25FN2O2/c1-2-8-20-9-10-21-16-6-5-13(17)11-15(16)19-7-3-4-14(18)12-19/h5-6,11,14H,2-4,7-10,12,18H2,1H3. The van der Waals surface area contributed by atoms with Crippen LogP contribution in [-0.2, 0) is 4.74 Å². The molecule has 4 nitrogen and oxygen atoms in total. The monoisotopic (exact) mass is 296 g/mol. The average molecular weight is 296 g/mol. The summed E-state index contributed by atoms with van der Waals surface area (Å²) in [6, 6.07) is 4.78. The number of nitrogens with zero attached hydrogens (tertiary/aromatic N) is 1. The second-order valence-electron chi connectivity index (χ2n) is 5.42. The van der Waals surface area contributed by atoms with Crippen molar-refractivity contribution in [2.45, 2.75) is 32.2 Å². The smallest absolute Gasteiger partial charge is 0.142 e. The van der Waals surface area contributed by atoms with Crippen LogP contribution in [0.4, 0.5) is 10.1 Å². The van der Waals surface area contributed by atoms with Gasteiger partial charge in [-0.15, -0.1) is 0 Å². The van der Waals surface area contributed by atoms with E-state index in [4.69, 9.17) is 15.2 Å². The van der Waals surface area contributed by atoms with E-state index in [1.165, 1.54) is 12.1 Å². The Morgan fingerprint density at radius 3 is 2.95 bits per heavy atom. The van der Waals surface area contributed by atoms with E-state index in [1.807, 2.05) is 0 Å². The second-order valence-corrected chi connectivity index (χ2v) is 5.42. The quantitative estimate of drug-likeness (QED) is 0.786. The third-order valence-corrected chi connectivity index (χ3v) is 3.55. The molecule has 0 aromatic heterocycles. The van der Waals surface area contributed by atoms with Crippen molar-refractivity contribution in [2.24, 2.45) is 5.73 Å². The topological polar surface area (TPSA) is 47.7 Å². The van der Waals surface area contributed by atoms with Gasteiger partial charge in [0.05, 0.1) is 12.3 Å². The van der Waals surface area contributed by atoms with Crippen LogP contribution in [0.3, 0.4) is 0 Å². The molecule has 5 heteroatoms. The molecule has 1 fully saturated rings. The summed E-state index contributed by atoms with van der Waals surface area (Å²) in [6.45, 7) is 5.45. The van der Waals surface area contributed by atoms with Gasteiger partial charge in [-0.2, -0.15) is 0 Å². The molecule has 0 bridgehead atoms. The first-order valence-corrected chi connectivity index (χ1v) is 7.71. The van der Waals surface area contributed by atoms with Crippen molar-refractivity contribution >= 4 is 5.69 Å². The van der Waals surface area contributed by atoms with Crippen LogP contribution < -0.4 is 15.4 Å². The fourth-order valence-corrected chi connectivity index (χ4v) is 2.55. The van der Waals surface area contributed by atoms with Gasteiger partial charge >= 0.3 is 0 Å². The van der Waals surface area contributed by atoms with Crippen molar-refractivity contribution in [2.75, 3.05) is 37.8 Å². The van der Waals surface area contributed by atoms with Crippen LogP contribution in [0.2, 0.25) is 0 Å². The van der Waals surface area contributed by atoms with Crippen molar-refractivity contribution < 1.29 is 13.9 Å². The van der Waals surface area contributed by atoms with E-state index in [9.17, 15) is 4.39 Å². The molecule has 1 atom stereocenters. The molecule has 0 saturated carbocycles. The number of anilines is 1. The van der Waals surface area contributed by atoms with Gasteiger partial charge in [0.2, 0.25) is 0 Å². The Kier molecular flexibility index (Phi) is 6.26. The molecule has 0 radical (unpaired) electrons. The highest BCUT2D eigenvalue weighted by atomic mass is 19.1. The Labute approximate surface area is 126 Å². The largest absolute Gasteiger partial charge is 0.489 e. The van der Waals surface area contributed by atoms with Crippen molar-refractivity contribution in [1.29, 1.82) is 0 Å². The number of piperidine rings is 1. The van der Waals surface area contributed by atoms with Gasteiger partial charge in [0.1, 0.15) is 18.2 Å². The van der Waals surface area contributed by atoms with Crippen LogP contribution in [0.15, 0.2) is 18.2 Å². The van der Waals surface area contributed by atoms with Gasteiger partial charge < -0.3 is 20.1 Å². The minimum Gasteiger partial charge on any atom is -0.489 e. The predicted octanol–water partition coefficient (Wildman–Crippen LogP) is 2.56. The Morgan fingerprint density at radius 1 is 1.33 bits per heavy atom. The van der Waals surface area contributed by atoms with E-state index in [0.29, 0.717) is 19.0 Å². The zero-order valence-corrected chi connectivity index (χ0v) is 12.7. The Hall–Kier alpha value is -1.33. The molecule has 1 saturated heterocycles. The maximum Gasteiger partial charge on any atom is 0.142 e. The Bertz CT molecular complexity index is 442. The van der Waals surface area contributed by atoms with Gasteiger partial charge in [0.25, 0.3) is 0 Å². The van der Waals surface area contributed by atoms with Gasteiger partial charge in [0.15, 0.2) is 0 Å². The van der Waals surface area contributed by atoms with Gasteiger partial charge in [0, 0.05) is 31.8 Å². The summed E-state index contributed by atoms with van der Waals surface area (Å²) < 4.78 is 24.7. The molecule has 1 aromatic rings. The summed E-state index contributed by atoms with van der Waals surface area (Å²) in [6.07, 6.45) is 3.04. The lowest BCUT2D eigenvalue weighted by molar-refractivity contribution is 0.101. The van der Waals surface area contributed by atoms with E-state index < -0.39 is 0 Å². The van der Waals surface area contributed by atoms with Gasteiger partial charge in [-0.25, -0.2) is 4.39 Å². The third kappa shape index (κ3) is 4.86. The molecular weight excluding hydrogens is 271 g/mol. The van der Waals surface area contributed by atoms with E-state index in [0.717, 1.165) is 44.6 Å². The van der Waals surface area contributed by atoms with Crippen LogP contribution in [0.1, 0.15) is 26.2 Å². The number of halogens is 1. The fourth-order valence-electron chi connectivity index (χ4n) is 2.55. The van der Waals surface area contributed by atoms with E-state index >= 15 is 0 Å². The molecule has 0 amide bonds. The number of nitrogens with two attached hydrogens (primary N) is 1. The van der Waals surface area contributed by atoms with E-state index in [2.05, 4.69) is 11.8 Å². The van der Waals surface area contributed by atoms with E-state index in [1.54, 1.807) is 6.07 Å². The zero-order chi connectivity index (χ0) is 15.1. The highest BCUT2D eigenvalue weighted by Gasteiger charge is 2.20. The highest BCUT2D eigenvalue weighted by Crippen LogP contribution is 2.31. The molecular formula is C16H25FN2O2. The molecule has 2 N–H and O–H groups in total. The first kappa shape index (κ1) is 16.0. The van der Waals surface area contributed by atoms with Crippen LogP contribution in [0.25, 0.3) is 0 Å². The maximum atomic E-state index is 13.5. The predicted molar refractivity (Wildman–Crippen MR) is 82.4 cm³/mol. The van der Waals surface area contributed by atoms with Crippen molar-refractivity contribution in [3.63, 3.8) is 0 Å². The first-order valence-electron chi connectivity index (χ1n) is 7.71. The first-order chi connectivity index (χ1) is 10.2. The third-order valence-electron chi connectivity index (χ3n) is 3.55. The minimum absolute atomic E-state index is 0.141. The minimum atomic E-state index is -0.251. The lowest BCUT2D eigenvalue weighted by atomic mass is 10.1. The summed E-state index contributed by atoms with van der Waals surface area (Å²) in [5.74, 6) is 0.448. The van der Waals surface area contributed by atoms with Gasteiger partial charge in [-0.1, -0.05) is 6.92 Å². The summed E-state index contributed by atoms with van der Waals surface area (Å²) in [7, 11) is 0. The number of rotatable bonds is 7. The molecule has 21 heavy (non-hydrogen) atoms. The van der Waals surface area contributed by atoms with Gasteiger partial charge in [-0.05, 0) is 31.4 Å². The molecule has 1 aliphatic rings. The van der Waals surface area contributed by atoms with Crippen molar-refractivity contribution in [3.8, 4) is 5.75 Å².